The highest BCUT2D eigenvalue weighted by molar-refractivity contribution is 7.89. The number of amides is 1. The standard InChI is InChI=1S/C21H26N2O6S/c1-14(2)23-30(26,27)19-12-10-17(11-13-19)22-20(24)15(3)29-21(25)16(4)28-18-8-6-5-7-9-18/h5-16,23H,1-4H3,(H,22,24)/t15-,16+/m0/s1. The Hall–Kier alpha value is -2.91. The molecule has 0 bridgehead atoms. The van der Waals surface area contributed by atoms with E-state index in [-0.39, 0.29) is 10.9 Å². The van der Waals surface area contributed by atoms with Crippen LogP contribution < -0.4 is 14.8 Å². The highest BCUT2D eigenvalue weighted by Gasteiger charge is 2.23. The Balaban J connectivity index is 1.91. The molecule has 0 spiro atoms. The fourth-order valence-electron chi connectivity index (χ4n) is 2.41. The first kappa shape index (κ1) is 23.4. The van der Waals surface area contributed by atoms with Gasteiger partial charge in [0.2, 0.25) is 10.0 Å². The van der Waals surface area contributed by atoms with Gasteiger partial charge >= 0.3 is 5.97 Å². The molecule has 0 aliphatic heterocycles. The van der Waals surface area contributed by atoms with Gasteiger partial charge in [-0.05, 0) is 64.1 Å². The summed E-state index contributed by atoms with van der Waals surface area (Å²) in [4.78, 5) is 24.5. The summed E-state index contributed by atoms with van der Waals surface area (Å²) in [5.74, 6) is -0.713. The minimum absolute atomic E-state index is 0.0839. The van der Waals surface area contributed by atoms with Crippen molar-refractivity contribution in [2.45, 2.75) is 50.8 Å². The summed E-state index contributed by atoms with van der Waals surface area (Å²) in [6, 6.07) is 14.2. The predicted molar refractivity (Wildman–Crippen MR) is 113 cm³/mol. The Morgan fingerprint density at radius 1 is 0.867 bits per heavy atom. The van der Waals surface area contributed by atoms with Gasteiger partial charge in [0.05, 0.1) is 4.90 Å². The molecule has 2 aromatic rings. The summed E-state index contributed by atoms with van der Waals surface area (Å²) in [6.07, 6.45) is -1.95. The molecule has 0 aliphatic carbocycles. The van der Waals surface area contributed by atoms with Crippen molar-refractivity contribution >= 4 is 27.6 Å². The smallest absolute Gasteiger partial charge is 0.347 e. The molecule has 0 unspecified atom stereocenters. The fourth-order valence-corrected chi connectivity index (χ4v) is 3.67. The van der Waals surface area contributed by atoms with Crippen molar-refractivity contribution in [2.24, 2.45) is 0 Å². The van der Waals surface area contributed by atoms with Gasteiger partial charge in [-0.1, -0.05) is 18.2 Å². The summed E-state index contributed by atoms with van der Waals surface area (Å²) < 4.78 is 37.4. The summed E-state index contributed by atoms with van der Waals surface area (Å²) in [5, 5.41) is 2.58. The Labute approximate surface area is 176 Å². The Morgan fingerprint density at radius 3 is 2.03 bits per heavy atom. The number of para-hydroxylation sites is 1. The van der Waals surface area contributed by atoms with Gasteiger partial charge < -0.3 is 14.8 Å². The molecule has 0 saturated carbocycles. The monoisotopic (exact) mass is 434 g/mol. The highest BCUT2D eigenvalue weighted by Crippen LogP contribution is 2.16. The molecular weight excluding hydrogens is 408 g/mol. The zero-order valence-corrected chi connectivity index (χ0v) is 18.1. The van der Waals surface area contributed by atoms with Crippen LogP contribution in [0.15, 0.2) is 59.5 Å². The first-order valence-corrected chi connectivity index (χ1v) is 10.9. The van der Waals surface area contributed by atoms with Crippen LogP contribution in [-0.4, -0.2) is 38.5 Å². The van der Waals surface area contributed by atoms with E-state index >= 15 is 0 Å². The summed E-state index contributed by atoms with van der Waals surface area (Å²) in [5.41, 5.74) is 0.375. The second kappa shape index (κ2) is 10.2. The molecule has 8 nitrogen and oxygen atoms in total. The number of ether oxygens (including phenoxy) is 2. The van der Waals surface area contributed by atoms with Crippen LogP contribution in [-0.2, 0) is 24.3 Å². The maximum atomic E-state index is 12.3. The van der Waals surface area contributed by atoms with Crippen LogP contribution in [0.2, 0.25) is 0 Å². The van der Waals surface area contributed by atoms with Gasteiger partial charge in [-0.2, -0.15) is 0 Å². The first-order chi connectivity index (χ1) is 14.1. The number of carbonyl (C=O) groups excluding carboxylic acids is 2. The van der Waals surface area contributed by atoms with Crippen LogP contribution in [0, 0.1) is 0 Å². The molecule has 0 saturated heterocycles. The van der Waals surface area contributed by atoms with Crippen molar-refractivity contribution in [2.75, 3.05) is 5.32 Å². The molecule has 162 valence electrons. The van der Waals surface area contributed by atoms with E-state index in [1.807, 2.05) is 6.07 Å². The fraction of sp³-hybridized carbons (Fsp3) is 0.333. The molecule has 0 aliphatic rings. The van der Waals surface area contributed by atoms with Crippen molar-refractivity contribution in [3.63, 3.8) is 0 Å². The van der Waals surface area contributed by atoms with Gasteiger partial charge in [0, 0.05) is 11.7 Å². The van der Waals surface area contributed by atoms with Crippen molar-refractivity contribution in [1.29, 1.82) is 0 Å². The van der Waals surface area contributed by atoms with Crippen LogP contribution in [0.4, 0.5) is 5.69 Å². The van der Waals surface area contributed by atoms with Crippen molar-refractivity contribution < 1.29 is 27.5 Å². The zero-order chi connectivity index (χ0) is 22.3. The van der Waals surface area contributed by atoms with Crippen LogP contribution in [0.3, 0.4) is 0 Å². The summed E-state index contributed by atoms with van der Waals surface area (Å²) in [6.45, 7) is 6.42. The molecule has 0 aromatic heterocycles. The SMILES string of the molecule is CC(C)NS(=O)(=O)c1ccc(NC(=O)[C@H](C)OC(=O)[C@@H](C)Oc2ccccc2)cc1. The number of nitrogens with one attached hydrogen (secondary N) is 2. The normalized spacial score (nSPS) is 13.4. The van der Waals surface area contributed by atoms with Gasteiger partial charge in [-0.15, -0.1) is 0 Å². The van der Waals surface area contributed by atoms with E-state index in [9.17, 15) is 18.0 Å². The lowest BCUT2D eigenvalue weighted by Crippen LogP contribution is -2.35. The number of esters is 1. The first-order valence-electron chi connectivity index (χ1n) is 9.44. The van der Waals surface area contributed by atoms with Gasteiger partial charge in [-0.3, -0.25) is 4.79 Å². The summed E-state index contributed by atoms with van der Waals surface area (Å²) >= 11 is 0. The van der Waals surface area contributed by atoms with Crippen LogP contribution >= 0.6 is 0 Å². The zero-order valence-electron chi connectivity index (χ0n) is 17.3. The number of hydrogen-bond donors (Lipinski definition) is 2. The third kappa shape index (κ3) is 6.85. The molecule has 2 aromatic carbocycles. The van der Waals surface area contributed by atoms with E-state index in [0.29, 0.717) is 11.4 Å². The molecule has 2 N–H and O–H groups in total. The van der Waals surface area contributed by atoms with Gasteiger partial charge in [0.1, 0.15) is 5.75 Å². The average Bonchev–Trinajstić information content (AvgIpc) is 2.68. The molecule has 0 radical (unpaired) electrons. The second-order valence-corrected chi connectivity index (χ2v) is 8.66. The van der Waals surface area contributed by atoms with E-state index in [0.717, 1.165) is 0 Å². The molecule has 30 heavy (non-hydrogen) atoms. The Kier molecular flexibility index (Phi) is 7.96. The lowest BCUT2D eigenvalue weighted by molar-refractivity contribution is -0.159. The third-order valence-electron chi connectivity index (χ3n) is 3.87. The van der Waals surface area contributed by atoms with Gasteiger partial charge in [-0.25, -0.2) is 17.9 Å². The lowest BCUT2D eigenvalue weighted by Gasteiger charge is -2.18. The van der Waals surface area contributed by atoms with E-state index in [1.54, 1.807) is 38.1 Å². The number of carbonyl (C=O) groups is 2. The molecular formula is C21H26N2O6S. The maximum Gasteiger partial charge on any atom is 0.347 e. The largest absolute Gasteiger partial charge is 0.479 e. The second-order valence-electron chi connectivity index (χ2n) is 6.94. The number of sulfonamides is 1. The van der Waals surface area contributed by atoms with E-state index in [4.69, 9.17) is 9.47 Å². The quantitative estimate of drug-likeness (QED) is 0.587. The van der Waals surface area contributed by atoms with Crippen LogP contribution in [0.5, 0.6) is 5.75 Å². The summed E-state index contributed by atoms with van der Waals surface area (Å²) in [7, 11) is -3.62. The number of hydrogen-bond acceptors (Lipinski definition) is 6. The third-order valence-corrected chi connectivity index (χ3v) is 5.55. The lowest BCUT2D eigenvalue weighted by atomic mass is 10.3. The maximum absolute atomic E-state index is 12.3. The van der Waals surface area contributed by atoms with Crippen LogP contribution in [0.25, 0.3) is 0 Å². The molecule has 2 atom stereocenters. The molecule has 9 heteroatoms. The number of rotatable bonds is 9. The highest BCUT2D eigenvalue weighted by atomic mass is 32.2. The predicted octanol–water partition coefficient (Wildman–Crippen LogP) is 2.71. The Bertz CT molecular complexity index is 959. The van der Waals surface area contributed by atoms with E-state index in [1.165, 1.54) is 38.1 Å². The van der Waals surface area contributed by atoms with Crippen molar-refractivity contribution in [3.05, 3.63) is 54.6 Å². The average molecular weight is 435 g/mol. The van der Waals surface area contributed by atoms with E-state index < -0.39 is 34.1 Å². The molecule has 2 rings (SSSR count). The van der Waals surface area contributed by atoms with Gasteiger partial charge in [0.15, 0.2) is 12.2 Å². The Morgan fingerprint density at radius 2 is 1.47 bits per heavy atom. The topological polar surface area (TPSA) is 111 Å². The number of anilines is 1. The van der Waals surface area contributed by atoms with E-state index in [2.05, 4.69) is 10.0 Å². The van der Waals surface area contributed by atoms with Crippen LogP contribution in [0.1, 0.15) is 27.7 Å². The van der Waals surface area contributed by atoms with Gasteiger partial charge in [0.25, 0.3) is 5.91 Å². The molecule has 1 amide bonds. The minimum atomic E-state index is -3.62. The molecule has 0 fully saturated rings. The number of benzene rings is 2. The van der Waals surface area contributed by atoms with Crippen molar-refractivity contribution in [1.82, 2.24) is 4.72 Å². The molecule has 0 heterocycles. The van der Waals surface area contributed by atoms with Crippen molar-refractivity contribution in [3.8, 4) is 5.75 Å². The minimum Gasteiger partial charge on any atom is -0.479 e.